The molecule has 29 heavy (non-hydrogen) atoms. The van der Waals surface area contributed by atoms with E-state index in [-0.39, 0.29) is 11.7 Å². The molecule has 1 amide bonds. The van der Waals surface area contributed by atoms with E-state index in [4.69, 9.17) is 4.99 Å². The Kier molecular flexibility index (Phi) is 7.61. The molecule has 3 rings (SSSR count). The fraction of sp³-hybridized carbons (Fsp3) is 0.391. The van der Waals surface area contributed by atoms with E-state index in [9.17, 15) is 9.18 Å². The first kappa shape index (κ1) is 20.8. The van der Waals surface area contributed by atoms with E-state index in [1.807, 2.05) is 30.0 Å². The lowest BCUT2D eigenvalue weighted by Crippen LogP contribution is -2.38. The number of aliphatic imine (C=N–C) groups is 1. The van der Waals surface area contributed by atoms with Crippen molar-refractivity contribution in [2.45, 2.75) is 39.3 Å². The maximum Gasteiger partial charge on any atom is 0.222 e. The van der Waals surface area contributed by atoms with Gasteiger partial charge in [0.1, 0.15) is 5.82 Å². The van der Waals surface area contributed by atoms with Crippen LogP contribution in [-0.4, -0.2) is 36.4 Å². The van der Waals surface area contributed by atoms with Gasteiger partial charge in [0.15, 0.2) is 5.96 Å². The molecule has 0 atom stereocenters. The van der Waals surface area contributed by atoms with E-state index in [0.29, 0.717) is 26.1 Å². The molecule has 6 heteroatoms. The zero-order chi connectivity index (χ0) is 20.5. The topological polar surface area (TPSA) is 56.7 Å². The van der Waals surface area contributed by atoms with Crippen molar-refractivity contribution < 1.29 is 9.18 Å². The molecule has 5 nitrogen and oxygen atoms in total. The summed E-state index contributed by atoms with van der Waals surface area (Å²) in [6.07, 6.45) is 2.31. The van der Waals surface area contributed by atoms with Gasteiger partial charge in [-0.2, -0.15) is 0 Å². The highest BCUT2D eigenvalue weighted by Crippen LogP contribution is 2.17. The van der Waals surface area contributed by atoms with Crippen LogP contribution < -0.4 is 10.6 Å². The predicted octanol–water partition coefficient (Wildman–Crippen LogP) is 3.25. The van der Waals surface area contributed by atoms with Crippen molar-refractivity contribution in [2.75, 3.05) is 19.6 Å². The van der Waals surface area contributed by atoms with Gasteiger partial charge in [-0.25, -0.2) is 9.38 Å². The number of carbonyl (C=O) groups is 1. The van der Waals surface area contributed by atoms with Crippen molar-refractivity contribution in [3.63, 3.8) is 0 Å². The van der Waals surface area contributed by atoms with Crippen LogP contribution in [0, 0.1) is 5.82 Å². The van der Waals surface area contributed by atoms with Crippen LogP contribution >= 0.6 is 0 Å². The number of halogens is 1. The van der Waals surface area contributed by atoms with Crippen molar-refractivity contribution in [2.24, 2.45) is 4.99 Å². The number of rotatable bonds is 8. The highest BCUT2D eigenvalue weighted by molar-refractivity contribution is 5.80. The number of guanidine groups is 1. The van der Waals surface area contributed by atoms with E-state index < -0.39 is 0 Å². The summed E-state index contributed by atoms with van der Waals surface area (Å²) < 4.78 is 13.3. The summed E-state index contributed by atoms with van der Waals surface area (Å²) in [5, 5.41) is 6.56. The average molecular weight is 397 g/mol. The van der Waals surface area contributed by atoms with E-state index >= 15 is 0 Å². The summed E-state index contributed by atoms with van der Waals surface area (Å²) in [4.78, 5) is 18.6. The smallest absolute Gasteiger partial charge is 0.222 e. The Balaban J connectivity index is 1.60. The third kappa shape index (κ3) is 6.31. The molecule has 1 fully saturated rings. The molecule has 0 unspecified atom stereocenters. The molecule has 0 aromatic heterocycles. The van der Waals surface area contributed by atoms with Crippen molar-refractivity contribution in [3.05, 3.63) is 71.0 Å². The van der Waals surface area contributed by atoms with Crippen LogP contribution in [0.25, 0.3) is 0 Å². The number of carbonyl (C=O) groups excluding carboxylic acids is 1. The molecule has 0 radical (unpaired) electrons. The first-order valence-corrected chi connectivity index (χ1v) is 10.3. The molecule has 1 saturated heterocycles. The Morgan fingerprint density at radius 1 is 1.14 bits per heavy atom. The van der Waals surface area contributed by atoms with Crippen LogP contribution in [0.5, 0.6) is 0 Å². The Morgan fingerprint density at radius 2 is 1.97 bits per heavy atom. The number of amides is 1. The number of hydrogen-bond acceptors (Lipinski definition) is 2. The highest BCUT2D eigenvalue weighted by Gasteiger charge is 2.20. The van der Waals surface area contributed by atoms with Crippen LogP contribution in [0.2, 0.25) is 0 Å². The lowest BCUT2D eigenvalue weighted by Gasteiger charge is -2.18. The molecule has 154 valence electrons. The molecule has 1 aliphatic heterocycles. The van der Waals surface area contributed by atoms with Gasteiger partial charge in [-0.15, -0.1) is 0 Å². The van der Waals surface area contributed by atoms with E-state index in [1.54, 1.807) is 12.1 Å². The molecule has 0 spiro atoms. The van der Waals surface area contributed by atoms with Gasteiger partial charge >= 0.3 is 0 Å². The average Bonchev–Trinajstić information content (AvgIpc) is 3.12. The summed E-state index contributed by atoms with van der Waals surface area (Å²) in [6.45, 7) is 5.47. The quantitative estimate of drug-likeness (QED) is 0.532. The molecule has 1 aliphatic rings. The lowest BCUT2D eigenvalue weighted by molar-refractivity contribution is -0.128. The summed E-state index contributed by atoms with van der Waals surface area (Å²) in [5.41, 5.74) is 3.21. The minimum atomic E-state index is -0.212. The van der Waals surface area contributed by atoms with E-state index in [1.165, 1.54) is 6.07 Å². The standard InChI is InChI=1S/C23H29FN4O/c1-2-25-23(26-13-12-18-7-5-10-21(24)15-18)27-16-19-8-3-4-9-20(19)17-28-14-6-11-22(28)29/h3-5,7-10,15H,2,6,11-14,16-17H2,1H3,(H2,25,26,27). The first-order valence-electron chi connectivity index (χ1n) is 10.3. The zero-order valence-corrected chi connectivity index (χ0v) is 17.0. The van der Waals surface area contributed by atoms with Crippen molar-refractivity contribution in [3.8, 4) is 0 Å². The molecular formula is C23H29FN4O. The SMILES string of the molecule is CCNC(=NCc1ccccc1CN1CCCC1=O)NCCc1cccc(F)c1. The van der Waals surface area contributed by atoms with Crippen LogP contribution in [0.15, 0.2) is 53.5 Å². The fourth-order valence-electron chi connectivity index (χ4n) is 3.47. The molecule has 1 heterocycles. The molecule has 2 N–H and O–H groups in total. The van der Waals surface area contributed by atoms with E-state index in [0.717, 1.165) is 48.6 Å². The van der Waals surface area contributed by atoms with Gasteiger partial charge in [0.2, 0.25) is 5.91 Å². The Hall–Kier alpha value is -2.89. The highest BCUT2D eigenvalue weighted by atomic mass is 19.1. The normalized spacial score (nSPS) is 14.3. The molecule has 0 saturated carbocycles. The number of likely N-dealkylation sites (tertiary alicyclic amines) is 1. The predicted molar refractivity (Wildman–Crippen MR) is 114 cm³/mol. The second kappa shape index (κ2) is 10.6. The number of nitrogens with one attached hydrogen (secondary N) is 2. The van der Waals surface area contributed by atoms with Crippen LogP contribution in [0.1, 0.15) is 36.5 Å². The number of benzene rings is 2. The summed E-state index contributed by atoms with van der Waals surface area (Å²) >= 11 is 0. The summed E-state index contributed by atoms with van der Waals surface area (Å²) in [6, 6.07) is 14.8. The van der Waals surface area contributed by atoms with Crippen molar-refractivity contribution in [1.29, 1.82) is 0 Å². The number of hydrogen-bond donors (Lipinski definition) is 2. The maximum atomic E-state index is 13.3. The third-order valence-corrected chi connectivity index (χ3v) is 5.00. The fourth-order valence-corrected chi connectivity index (χ4v) is 3.47. The molecule has 0 bridgehead atoms. The largest absolute Gasteiger partial charge is 0.357 e. The summed E-state index contributed by atoms with van der Waals surface area (Å²) in [5.74, 6) is 0.753. The van der Waals surface area contributed by atoms with Crippen molar-refractivity contribution in [1.82, 2.24) is 15.5 Å². The molecule has 2 aromatic carbocycles. The van der Waals surface area contributed by atoms with Crippen LogP contribution in [0.4, 0.5) is 4.39 Å². The second-order valence-corrected chi connectivity index (χ2v) is 7.19. The van der Waals surface area contributed by atoms with Gasteiger partial charge in [0.05, 0.1) is 6.54 Å². The minimum Gasteiger partial charge on any atom is -0.357 e. The Morgan fingerprint density at radius 3 is 2.69 bits per heavy atom. The third-order valence-electron chi connectivity index (χ3n) is 5.00. The molecule has 2 aromatic rings. The Labute approximate surface area is 172 Å². The lowest BCUT2D eigenvalue weighted by atomic mass is 10.1. The van der Waals surface area contributed by atoms with Crippen molar-refractivity contribution >= 4 is 11.9 Å². The minimum absolute atomic E-state index is 0.212. The molecular weight excluding hydrogens is 367 g/mol. The van der Waals surface area contributed by atoms with E-state index in [2.05, 4.69) is 22.8 Å². The van der Waals surface area contributed by atoms with Gasteiger partial charge in [0.25, 0.3) is 0 Å². The summed E-state index contributed by atoms with van der Waals surface area (Å²) in [7, 11) is 0. The monoisotopic (exact) mass is 396 g/mol. The van der Waals surface area contributed by atoms with Crippen LogP contribution in [-0.2, 0) is 24.3 Å². The van der Waals surface area contributed by atoms with Gasteiger partial charge in [-0.1, -0.05) is 36.4 Å². The second-order valence-electron chi connectivity index (χ2n) is 7.19. The zero-order valence-electron chi connectivity index (χ0n) is 17.0. The van der Waals surface area contributed by atoms with Gasteiger partial charge in [0, 0.05) is 32.6 Å². The number of nitrogens with zero attached hydrogens (tertiary/aromatic N) is 2. The first-order chi connectivity index (χ1) is 14.2. The van der Waals surface area contributed by atoms with Crippen LogP contribution in [0.3, 0.4) is 0 Å². The van der Waals surface area contributed by atoms with Gasteiger partial charge < -0.3 is 15.5 Å². The van der Waals surface area contributed by atoms with Gasteiger partial charge in [-0.3, -0.25) is 4.79 Å². The maximum absolute atomic E-state index is 13.3. The molecule has 0 aliphatic carbocycles. The van der Waals surface area contributed by atoms with Gasteiger partial charge in [-0.05, 0) is 48.6 Å². The Bertz CT molecular complexity index is 852.